The van der Waals surface area contributed by atoms with Crippen LogP contribution in [0, 0.1) is 0 Å². The molecule has 1 fully saturated rings. The first-order chi connectivity index (χ1) is 9.99. The molecule has 114 valence electrons. The van der Waals surface area contributed by atoms with Gasteiger partial charge in [-0.25, -0.2) is 0 Å². The highest BCUT2D eigenvalue weighted by atomic mass is 35.5. The van der Waals surface area contributed by atoms with Crippen LogP contribution in [0.15, 0.2) is 18.2 Å². The normalized spacial score (nSPS) is 18.4. The van der Waals surface area contributed by atoms with E-state index >= 15 is 0 Å². The number of piperidine rings is 1. The van der Waals surface area contributed by atoms with Gasteiger partial charge in [0.15, 0.2) is 6.61 Å². The van der Waals surface area contributed by atoms with Gasteiger partial charge in [-0.2, -0.15) is 0 Å². The van der Waals surface area contributed by atoms with Crippen LogP contribution in [-0.4, -0.2) is 35.9 Å². The number of halogens is 1. The smallest absolute Gasteiger partial charge is 0.260 e. The van der Waals surface area contributed by atoms with Crippen molar-refractivity contribution < 1.29 is 14.3 Å². The highest BCUT2D eigenvalue weighted by Crippen LogP contribution is 2.23. The van der Waals surface area contributed by atoms with E-state index in [2.05, 4.69) is 0 Å². The first-order valence-electron chi connectivity index (χ1n) is 7.00. The lowest BCUT2D eigenvalue weighted by Gasteiger charge is -2.33. The first-order valence-corrected chi connectivity index (χ1v) is 7.38. The van der Waals surface area contributed by atoms with Crippen LogP contribution in [0.1, 0.15) is 36.5 Å². The number of rotatable bonds is 4. The summed E-state index contributed by atoms with van der Waals surface area (Å²) in [4.78, 5) is 25.4. The molecule has 0 bridgehead atoms. The van der Waals surface area contributed by atoms with Gasteiger partial charge in [-0.1, -0.05) is 11.6 Å². The van der Waals surface area contributed by atoms with Crippen LogP contribution < -0.4 is 10.5 Å². The minimum Gasteiger partial charge on any atom is -0.483 e. The van der Waals surface area contributed by atoms with Gasteiger partial charge in [0, 0.05) is 17.6 Å². The van der Waals surface area contributed by atoms with Crippen molar-refractivity contribution >= 4 is 23.4 Å². The molecule has 0 aromatic heterocycles. The van der Waals surface area contributed by atoms with E-state index in [-0.39, 0.29) is 29.9 Å². The fraction of sp³-hybridized carbons (Fsp3) is 0.467. The van der Waals surface area contributed by atoms with Gasteiger partial charge in [0.2, 0.25) is 0 Å². The Kier molecular flexibility index (Phi) is 5.07. The number of ether oxygens (including phenoxy) is 1. The largest absolute Gasteiger partial charge is 0.483 e. The maximum Gasteiger partial charge on any atom is 0.260 e. The van der Waals surface area contributed by atoms with Crippen molar-refractivity contribution in [2.24, 2.45) is 5.73 Å². The molecular weight excluding hydrogens is 292 g/mol. The summed E-state index contributed by atoms with van der Waals surface area (Å²) in [6.45, 7) is 2.69. The summed E-state index contributed by atoms with van der Waals surface area (Å²) in [7, 11) is 0. The van der Waals surface area contributed by atoms with Crippen molar-refractivity contribution in [2.75, 3.05) is 13.2 Å². The Hall–Kier alpha value is -1.75. The van der Waals surface area contributed by atoms with Crippen molar-refractivity contribution in [1.29, 1.82) is 0 Å². The van der Waals surface area contributed by atoms with Gasteiger partial charge in [0.1, 0.15) is 5.75 Å². The second-order valence-corrected chi connectivity index (χ2v) is 5.66. The molecule has 0 spiro atoms. The van der Waals surface area contributed by atoms with Gasteiger partial charge < -0.3 is 15.4 Å². The number of hydrogen-bond acceptors (Lipinski definition) is 3. The lowest BCUT2D eigenvalue weighted by molar-refractivity contribution is -0.136. The lowest BCUT2D eigenvalue weighted by atomic mass is 10.0. The molecule has 1 unspecified atom stereocenters. The minimum absolute atomic E-state index is 0.0763. The summed E-state index contributed by atoms with van der Waals surface area (Å²) in [5.74, 6) is -0.427. The number of amides is 2. The quantitative estimate of drug-likeness (QED) is 0.926. The third kappa shape index (κ3) is 3.88. The molecule has 2 rings (SSSR count). The van der Waals surface area contributed by atoms with E-state index in [0.717, 1.165) is 25.8 Å². The van der Waals surface area contributed by atoms with Gasteiger partial charge in [-0.05, 0) is 44.4 Å². The van der Waals surface area contributed by atoms with Crippen LogP contribution in [0.25, 0.3) is 0 Å². The standard InChI is InChI=1S/C15H19ClN2O3/c1-10-4-2-3-7-18(10)14(19)9-21-13-6-5-11(16)8-12(13)15(17)20/h5-6,8,10H,2-4,7,9H2,1H3,(H2,17,20). The van der Waals surface area contributed by atoms with Crippen molar-refractivity contribution in [3.63, 3.8) is 0 Å². The summed E-state index contributed by atoms with van der Waals surface area (Å²) < 4.78 is 5.47. The molecule has 2 N–H and O–H groups in total. The number of hydrogen-bond donors (Lipinski definition) is 1. The summed E-state index contributed by atoms with van der Waals surface area (Å²) in [6, 6.07) is 4.82. The summed E-state index contributed by atoms with van der Waals surface area (Å²) >= 11 is 5.83. The number of carbonyl (C=O) groups is 2. The maximum atomic E-state index is 12.2. The molecule has 0 radical (unpaired) electrons. The average molecular weight is 311 g/mol. The maximum absolute atomic E-state index is 12.2. The topological polar surface area (TPSA) is 72.6 Å². The van der Waals surface area contributed by atoms with E-state index in [0.29, 0.717) is 5.02 Å². The van der Waals surface area contributed by atoms with E-state index in [1.807, 2.05) is 11.8 Å². The summed E-state index contributed by atoms with van der Waals surface area (Å²) in [5, 5.41) is 0.395. The first kappa shape index (κ1) is 15.6. The Morgan fingerprint density at radius 3 is 2.86 bits per heavy atom. The molecule has 1 aliphatic rings. The molecule has 1 aromatic carbocycles. The van der Waals surface area contributed by atoms with Crippen LogP contribution in [0.2, 0.25) is 5.02 Å². The lowest BCUT2D eigenvalue weighted by Crippen LogP contribution is -2.44. The predicted molar refractivity (Wildman–Crippen MR) is 80.5 cm³/mol. The average Bonchev–Trinajstić information content (AvgIpc) is 2.46. The Morgan fingerprint density at radius 1 is 1.43 bits per heavy atom. The third-order valence-corrected chi connectivity index (χ3v) is 3.92. The Balaban J connectivity index is 2.02. The second kappa shape index (κ2) is 6.80. The van der Waals surface area contributed by atoms with Gasteiger partial charge in [-0.15, -0.1) is 0 Å². The molecule has 1 aromatic rings. The van der Waals surface area contributed by atoms with Crippen molar-refractivity contribution in [1.82, 2.24) is 4.90 Å². The molecule has 21 heavy (non-hydrogen) atoms. The molecule has 0 aliphatic carbocycles. The van der Waals surface area contributed by atoms with E-state index in [1.165, 1.54) is 6.07 Å². The molecule has 0 saturated carbocycles. The van der Waals surface area contributed by atoms with E-state index in [4.69, 9.17) is 22.1 Å². The molecule has 2 amide bonds. The number of benzene rings is 1. The van der Waals surface area contributed by atoms with E-state index in [9.17, 15) is 9.59 Å². The highest BCUT2D eigenvalue weighted by Gasteiger charge is 2.23. The van der Waals surface area contributed by atoms with Gasteiger partial charge in [0.05, 0.1) is 5.56 Å². The van der Waals surface area contributed by atoms with E-state index in [1.54, 1.807) is 12.1 Å². The Labute approximate surface area is 129 Å². The number of nitrogens with two attached hydrogens (primary N) is 1. The summed E-state index contributed by atoms with van der Waals surface area (Å²) in [5.41, 5.74) is 5.46. The SMILES string of the molecule is CC1CCCCN1C(=O)COc1ccc(Cl)cc1C(N)=O. The van der Waals surface area contributed by atoms with Crippen molar-refractivity contribution in [2.45, 2.75) is 32.2 Å². The van der Waals surface area contributed by atoms with Gasteiger partial charge >= 0.3 is 0 Å². The van der Waals surface area contributed by atoms with Crippen LogP contribution in [0.5, 0.6) is 5.75 Å². The Bertz CT molecular complexity index is 548. The molecule has 1 atom stereocenters. The van der Waals surface area contributed by atoms with Crippen LogP contribution in [-0.2, 0) is 4.79 Å². The summed E-state index contributed by atoms with van der Waals surface area (Å²) in [6.07, 6.45) is 3.18. The van der Waals surface area contributed by atoms with Crippen molar-refractivity contribution in [3.8, 4) is 5.75 Å². The molecule has 1 saturated heterocycles. The zero-order valence-electron chi connectivity index (χ0n) is 12.0. The zero-order chi connectivity index (χ0) is 15.4. The monoisotopic (exact) mass is 310 g/mol. The molecule has 6 heteroatoms. The van der Waals surface area contributed by atoms with Crippen molar-refractivity contribution in [3.05, 3.63) is 28.8 Å². The number of primary amides is 1. The number of nitrogens with zero attached hydrogens (tertiary/aromatic N) is 1. The van der Waals surface area contributed by atoms with Crippen LogP contribution >= 0.6 is 11.6 Å². The van der Waals surface area contributed by atoms with Crippen LogP contribution in [0.3, 0.4) is 0 Å². The van der Waals surface area contributed by atoms with E-state index < -0.39 is 5.91 Å². The number of carbonyl (C=O) groups excluding carboxylic acids is 2. The number of likely N-dealkylation sites (tertiary alicyclic amines) is 1. The predicted octanol–water partition coefficient (Wildman–Crippen LogP) is 2.22. The zero-order valence-corrected chi connectivity index (χ0v) is 12.7. The van der Waals surface area contributed by atoms with Gasteiger partial charge in [-0.3, -0.25) is 9.59 Å². The Morgan fingerprint density at radius 2 is 2.19 bits per heavy atom. The second-order valence-electron chi connectivity index (χ2n) is 5.23. The minimum atomic E-state index is -0.633. The molecule has 1 aliphatic heterocycles. The van der Waals surface area contributed by atoms with Gasteiger partial charge in [0.25, 0.3) is 11.8 Å². The third-order valence-electron chi connectivity index (χ3n) is 3.68. The van der Waals surface area contributed by atoms with Crippen LogP contribution in [0.4, 0.5) is 0 Å². The fourth-order valence-electron chi connectivity index (χ4n) is 2.51. The molecule has 5 nitrogen and oxygen atoms in total. The fourth-order valence-corrected chi connectivity index (χ4v) is 2.68. The molecular formula is C15H19ClN2O3. The highest BCUT2D eigenvalue weighted by molar-refractivity contribution is 6.31. The molecule has 1 heterocycles.